The van der Waals surface area contributed by atoms with Gasteiger partial charge in [0, 0.05) is 61.3 Å². The maximum atomic E-state index is 14.1. The summed E-state index contributed by atoms with van der Waals surface area (Å²) < 4.78 is 89.6. The molecule has 1 fully saturated rings. The molecule has 2 aliphatic heterocycles. The first-order valence-corrected chi connectivity index (χ1v) is 15.7. The number of ether oxygens (including phenoxy) is 1. The zero-order chi connectivity index (χ0) is 35.3. The summed E-state index contributed by atoms with van der Waals surface area (Å²) in [5.41, 5.74) is -1.39. The van der Waals surface area contributed by atoms with Crippen LogP contribution in [-0.4, -0.2) is 68.7 Å². The second kappa shape index (κ2) is 12.7. The van der Waals surface area contributed by atoms with Crippen LogP contribution < -0.4 is 0 Å². The maximum Gasteiger partial charge on any atom is 0.419 e. The molecule has 1 saturated heterocycles. The van der Waals surface area contributed by atoms with Crippen LogP contribution in [0.2, 0.25) is 0 Å². The number of pyridine rings is 1. The van der Waals surface area contributed by atoms with Crippen molar-refractivity contribution in [3.8, 4) is 0 Å². The first-order chi connectivity index (χ1) is 23.0. The number of piperazine rings is 1. The fourth-order valence-corrected chi connectivity index (χ4v) is 6.55. The summed E-state index contributed by atoms with van der Waals surface area (Å²) in [5.74, 6) is -0.931. The molecular formula is C36H34F6N4O3. The Balaban J connectivity index is 1.40. The third-order valence-electron chi connectivity index (χ3n) is 8.79. The van der Waals surface area contributed by atoms with Crippen molar-refractivity contribution in [2.24, 2.45) is 0 Å². The molecule has 0 spiro atoms. The number of hydrogen-bond acceptors (Lipinski definition) is 5. The normalized spacial score (nSPS) is 19.0. The lowest BCUT2D eigenvalue weighted by Gasteiger charge is -2.48. The number of rotatable bonds is 4. The van der Waals surface area contributed by atoms with Crippen LogP contribution in [0.5, 0.6) is 0 Å². The summed E-state index contributed by atoms with van der Waals surface area (Å²) in [7, 11) is 0. The average Bonchev–Trinajstić information content (AvgIpc) is 3.41. The Labute approximate surface area is 278 Å². The van der Waals surface area contributed by atoms with E-state index in [9.17, 15) is 35.9 Å². The molecule has 258 valence electrons. The van der Waals surface area contributed by atoms with Gasteiger partial charge in [-0.2, -0.15) is 26.3 Å². The Morgan fingerprint density at radius 2 is 1.61 bits per heavy atom. The van der Waals surface area contributed by atoms with E-state index in [1.54, 1.807) is 57.6 Å². The average molecular weight is 685 g/mol. The van der Waals surface area contributed by atoms with E-state index in [0.29, 0.717) is 41.6 Å². The summed E-state index contributed by atoms with van der Waals surface area (Å²) in [6, 6.07) is 11.0. The van der Waals surface area contributed by atoms with E-state index in [2.05, 4.69) is 9.88 Å². The molecule has 0 unspecified atom stereocenters. The number of carbonyl (C=O) groups excluding carboxylic acids is 2. The van der Waals surface area contributed by atoms with Gasteiger partial charge in [-0.05, 0) is 80.6 Å². The van der Waals surface area contributed by atoms with Crippen molar-refractivity contribution in [2.45, 2.75) is 63.7 Å². The highest BCUT2D eigenvalue weighted by atomic mass is 19.4. The molecule has 7 nitrogen and oxygen atoms in total. The third-order valence-corrected chi connectivity index (χ3v) is 8.79. The Morgan fingerprint density at radius 3 is 2.24 bits per heavy atom. The molecular weight excluding hydrogens is 650 g/mol. The smallest absolute Gasteiger partial charge is 0.419 e. The molecule has 2 atom stereocenters. The molecule has 0 aliphatic carbocycles. The summed E-state index contributed by atoms with van der Waals surface area (Å²) in [6.07, 6.45) is -3.07. The van der Waals surface area contributed by atoms with Gasteiger partial charge in [-0.25, -0.2) is 4.79 Å². The van der Waals surface area contributed by atoms with Gasteiger partial charge >= 0.3 is 18.4 Å². The molecule has 1 amide bonds. The lowest BCUT2D eigenvalue weighted by atomic mass is 9.91. The zero-order valence-electron chi connectivity index (χ0n) is 27.0. The number of alkyl halides is 6. The fraction of sp³-hybridized carbons (Fsp3) is 0.361. The number of para-hydroxylation sites is 1. The molecule has 4 heterocycles. The molecule has 2 aromatic heterocycles. The standard InChI is InChI=1S/C36H34F6N4O3/c1-34(2,3)49-33(48)46-19-25(30-8-4-5-9-31(30)46)15-29-20-44-18-23(22-7-6-12-43-17-22)10-11-28(44)21-45(29)32(47)24-13-26(35(37,38)39)16-27(14-24)36(40,41)42/h4-10,12-14,16-17,19,28-29H,11,15,18,20-21H2,1-3H3/t28-,29-/m1/s1. The predicted octanol–water partition coefficient (Wildman–Crippen LogP) is 8.08. The molecule has 2 aliphatic rings. The minimum absolute atomic E-state index is 0.0175. The van der Waals surface area contributed by atoms with E-state index < -0.39 is 52.7 Å². The molecule has 4 aromatic rings. The van der Waals surface area contributed by atoms with E-state index in [4.69, 9.17) is 4.74 Å². The quantitative estimate of drug-likeness (QED) is 0.204. The van der Waals surface area contributed by atoms with Crippen LogP contribution in [0.25, 0.3) is 16.5 Å². The number of nitrogens with zero attached hydrogens (tertiary/aromatic N) is 4. The van der Waals surface area contributed by atoms with E-state index in [1.165, 1.54) is 9.47 Å². The first kappa shape index (κ1) is 34.2. The highest BCUT2D eigenvalue weighted by Gasteiger charge is 2.41. The van der Waals surface area contributed by atoms with Crippen molar-refractivity contribution < 1.29 is 40.7 Å². The second-order valence-corrected chi connectivity index (χ2v) is 13.4. The Kier molecular flexibility index (Phi) is 8.85. The van der Waals surface area contributed by atoms with E-state index in [0.717, 1.165) is 11.1 Å². The topological polar surface area (TPSA) is 67.7 Å². The molecule has 2 aromatic carbocycles. The predicted molar refractivity (Wildman–Crippen MR) is 171 cm³/mol. The van der Waals surface area contributed by atoms with Crippen LogP contribution in [0.4, 0.5) is 31.1 Å². The number of carbonyl (C=O) groups is 2. The number of aromatic nitrogens is 2. The van der Waals surface area contributed by atoms with Gasteiger partial charge in [0.2, 0.25) is 0 Å². The Bertz CT molecular complexity index is 1880. The molecule has 0 N–H and O–H groups in total. The van der Waals surface area contributed by atoms with Crippen molar-refractivity contribution in [1.29, 1.82) is 0 Å². The number of fused-ring (bicyclic) bond motifs is 2. The van der Waals surface area contributed by atoms with Crippen molar-refractivity contribution in [3.05, 3.63) is 107 Å². The summed E-state index contributed by atoms with van der Waals surface area (Å²) in [4.78, 5) is 35.1. The van der Waals surface area contributed by atoms with Gasteiger partial charge in [-0.1, -0.05) is 30.3 Å². The van der Waals surface area contributed by atoms with Crippen LogP contribution >= 0.6 is 0 Å². The Hall–Kier alpha value is -4.65. The molecule has 0 radical (unpaired) electrons. The summed E-state index contributed by atoms with van der Waals surface area (Å²) >= 11 is 0. The van der Waals surface area contributed by atoms with Gasteiger partial charge in [0.15, 0.2) is 0 Å². The van der Waals surface area contributed by atoms with Crippen LogP contribution in [0.3, 0.4) is 0 Å². The van der Waals surface area contributed by atoms with Crippen LogP contribution in [0.1, 0.15) is 59.8 Å². The van der Waals surface area contributed by atoms with E-state index in [1.807, 2.05) is 24.3 Å². The lowest BCUT2D eigenvalue weighted by Crippen LogP contribution is -2.61. The van der Waals surface area contributed by atoms with Crippen LogP contribution in [0, 0.1) is 0 Å². The van der Waals surface area contributed by atoms with Crippen molar-refractivity contribution in [3.63, 3.8) is 0 Å². The highest BCUT2D eigenvalue weighted by molar-refractivity contribution is 5.95. The first-order valence-electron chi connectivity index (χ1n) is 15.7. The number of benzene rings is 2. The monoisotopic (exact) mass is 684 g/mol. The van der Waals surface area contributed by atoms with E-state index in [-0.39, 0.29) is 31.6 Å². The molecule has 6 rings (SSSR count). The number of halogens is 6. The summed E-state index contributed by atoms with van der Waals surface area (Å²) in [6.45, 7) is 6.09. The van der Waals surface area contributed by atoms with Gasteiger partial charge in [-0.3, -0.25) is 19.2 Å². The van der Waals surface area contributed by atoms with Gasteiger partial charge in [0.1, 0.15) is 5.60 Å². The van der Waals surface area contributed by atoms with E-state index >= 15 is 0 Å². The fourth-order valence-electron chi connectivity index (χ4n) is 6.55. The maximum absolute atomic E-state index is 14.1. The van der Waals surface area contributed by atoms with Crippen molar-refractivity contribution in [1.82, 2.24) is 19.4 Å². The van der Waals surface area contributed by atoms with Crippen molar-refractivity contribution in [2.75, 3.05) is 19.6 Å². The molecule has 13 heteroatoms. The largest absolute Gasteiger partial charge is 0.443 e. The highest BCUT2D eigenvalue weighted by Crippen LogP contribution is 2.38. The second-order valence-electron chi connectivity index (χ2n) is 13.4. The molecule has 0 saturated carbocycles. The van der Waals surface area contributed by atoms with Gasteiger partial charge in [0.25, 0.3) is 5.91 Å². The SMILES string of the molecule is CC(C)(C)OC(=O)n1cc(C[C@@H]2CN3CC(c4cccnc4)=CC[C@@H]3CN2C(=O)c2cc(C(F)(F)F)cc(C(F)(F)F)c2)c2ccccc21. The third kappa shape index (κ3) is 7.36. The number of amides is 1. The van der Waals surface area contributed by atoms with Crippen LogP contribution in [-0.2, 0) is 23.5 Å². The zero-order valence-corrected chi connectivity index (χ0v) is 27.0. The minimum Gasteiger partial charge on any atom is -0.443 e. The van der Waals surface area contributed by atoms with Crippen LogP contribution in [0.15, 0.2) is 79.3 Å². The Morgan fingerprint density at radius 1 is 0.918 bits per heavy atom. The van der Waals surface area contributed by atoms with Gasteiger partial charge in [-0.15, -0.1) is 0 Å². The van der Waals surface area contributed by atoms with Crippen molar-refractivity contribution >= 4 is 28.5 Å². The molecule has 0 bridgehead atoms. The van der Waals surface area contributed by atoms with Gasteiger partial charge in [0.05, 0.1) is 16.6 Å². The summed E-state index contributed by atoms with van der Waals surface area (Å²) in [5, 5.41) is 0.705. The molecule has 49 heavy (non-hydrogen) atoms. The number of hydrogen-bond donors (Lipinski definition) is 0. The van der Waals surface area contributed by atoms with Gasteiger partial charge < -0.3 is 9.64 Å². The minimum atomic E-state index is -5.10. The lowest BCUT2D eigenvalue weighted by molar-refractivity contribution is -0.143.